The molecule has 0 fully saturated rings. The minimum Gasteiger partial charge on any atom is -0.324 e. The average molecular weight is 139 g/mol. The summed E-state index contributed by atoms with van der Waals surface area (Å²) in [6, 6.07) is 0. The van der Waals surface area contributed by atoms with Crippen LogP contribution in [0.3, 0.4) is 0 Å². The standard InChI is InChI=1S/C7H13N3/c1-2-3-8-6-10-5-4-9-7-10/h4-5,7-8H,2-3,6H2,1H3. The van der Waals surface area contributed by atoms with Crippen LogP contribution in [-0.2, 0) is 6.67 Å². The highest BCUT2D eigenvalue weighted by atomic mass is 15.1. The van der Waals surface area contributed by atoms with Gasteiger partial charge < -0.3 is 4.57 Å². The third-order valence-corrected chi connectivity index (χ3v) is 1.28. The molecule has 0 saturated carbocycles. The molecule has 0 spiro atoms. The first-order valence-electron chi connectivity index (χ1n) is 3.60. The molecule has 0 atom stereocenters. The normalized spacial score (nSPS) is 10.1. The number of hydrogen-bond donors (Lipinski definition) is 1. The zero-order valence-electron chi connectivity index (χ0n) is 6.25. The minimum absolute atomic E-state index is 0.869. The van der Waals surface area contributed by atoms with Crippen molar-refractivity contribution in [3.05, 3.63) is 18.7 Å². The largest absolute Gasteiger partial charge is 0.324 e. The number of imidazole rings is 1. The van der Waals surface area contributed by atoms with Gasteiger partial charge >= 0.3 is 0 Å². The molecular weight excluding hydrogens is 126 g/mol. The lowest BCUT2D eigenvalue weighted by Crippen LogP contribution is -2.17. The quantitative estimate of drug-likeness (QED) is 0.626. The van der Waals surface area contributed by atoms with E-state index in [1.54, 1.807) is 6.20 Å². The van der Waals surface area contributed by atoms with Crippen LogP contribution in [0.5, 0.6) is 0 Å². The molecule has 0 radical (unpaired) electrons. The van der Waals surface area contributed by atoms with Crippen LogP contribution in [-0.4, -0.2) is 16.1 Å². The van der Waals surface area contributed by atoms with Crippen LogP contribution in [0, 0.1) is 0 Å². The molecule has 0 unspecified atom stereocenters. The van der Waals surface area contributed by atoms with Crippen LogP contribution in [0.25, 0.3) is 0 Å². The summed E-state index contributed by atoms with van der Waals surface area (Å²) in [5, 5.41) is 3.26. The van der Waals surface area contributed by atoms with Gasteiger partial charge in [0.15, 0.2) is 0 Å². The molecular formula is C7H13N3. The van der Waals surface area contributed by atoms with E-state index in [1.165, 1.54) is 6.42 Å². The van der Waals surface area contributed by atoms with E-state index in [9.17, 15) is 0 Å². The van der Waals surface area contributed by atoms with Crippen molar-refractivity contribution in [1.29, 1.82) is 0 Å². The SMILES string of the molecule is CCCNCn1ccnc1. The number of nitrogens with zero attached hydrogens (tertiary/aromatic N) is 2. The Morgan fingerprint density at radius 2 is 2.50 bits per heavy atom. The predicted octanol–water partition coefficient (Wildman–Crippen LogP) is 0.840. The molecule has 1 aromatic heterocycles. The fourth-order valence-corrected chi connectivity index (χ4v) is 0.765. The van der Waals surface area contributed by atoms with E-state index in [-0.39, 0.29) is 0 Å². The highest BCUT2D eigenvalue weighted by Gasteiger charge is 1.85. The van der Waals surface area contributed by atoms with E-state index in [0.29, 0.717) is 0 Å². The Morgan fingerprint density at radius 1 is 1.60 bits per heavy atom. The van der Waals surface area contributed by atoms with Crippen LogP contribution in [0.4, 0.5) is 0 Å². The van der Waals surface area contributed by atoms with E-state index in [0.717, 1.165) is 13.2 Å². The van der Waals surface area contributed by atoms with Crippen LogP contribution >= 0.6 is 0 Å². The monoisotopic (exact) mass is 139 g/mol. The van der Waals surface area contributed by atoms with E-state index in [4.69, 9.17) is 0 Å². The fourth-order valence-electron chi connectivity index (χ4n) is 0.765. The molecule has 0 aliphatic rings. The lowest BCUT2D eigenvalue weighted by atomic mass is 10.5. The summed E-state index contributed by atoms with van der Waals surface area (Å²) in [5.41, 5.74) is 0. The second-order valence-corrected chi connectivity index (χ2v) is 2.24. The van der Waals surface area contributed by atoms with Crippen molar-refractivity contribution >= 4 is 0 Å². The fraction of sp³-hybridized carbons (Fsp3) is 0.571. The molecule has 1 heterocycles. The summed E-state index contributed by atoms with van der Waals surface area (Å²) in [6.07, 6.45) is 6.72. The van der Waals surface area contributed by atoms with Gasteiger partial charge in [0.25, 0.3) is 0 Å². The molecule has 0 amide bonds. The van der Waals surface area contributed by atoms with E-state index < -0.39 is 0 Å². The van der Waals surface area contributed by atoms with Gasteiger partial charge in [-0.15, -0.1) is 0 Å². The molecule has 1 aromatic rings. The molecule has 0 aliphatic carbocycles. The Kier molecular flexibility index (Phi) is 2.96. The molecule has 1 rings (SSSR count). The van der Waals surface area contributed by atoms with E-state index in [2.05, 4.69) is 17.2 Å². The molecule has 56 valence electrons. The van der Waals surface area contributed by atoms with Crippen LogP contribution < -0.4 is 5.32 Å². The van der Waals surface area contributed by atoms with Gasteiger partial charge in [-0.05, 0) is 13.0 Å². The lowest BCUT2D eigenvalue weighted by Gasteiger charge is -2.01. The van der Waals surface area contributed by atoms with Crippen molar-refractivity contribution in [2.45, 2.75) is 20.0 Å². The van der Waals surface area contributed by atoms with Gasteiger partial charge in [0.1, 0.15) is 0 Å². The van der Waals surface area contributed by atoms with Gasteiger partial charge in [-0.3, -0.25) is 5.32 Å². The van der Waals surface area contributed by atoms with Crippen LogP contribution in [0.2, 0.25) is 0 Å². The van der Waals surface area contributed by atoms with Crippen molar-refractivity contribution in [3.63, 3.8) is 0 Å². The molecule has 0 bridgehead atoms. The summed E-state index contributed by atoms with van der Waals surface area (Å²) in [6.45, 7) is 4.09. The maximum atomic E-state index is 3.92. The van der Waals surface area contributed by atoms with E-state index >= 15 is 0 Å². The zero-order valence-corrected chi connectivity index (χ0v) is 6.25. The second kappa shape index (κ2) is 4.06. The Hall–Kier alpha value is -0.830. The summed E-state index contributed by atoms with van der Waals surface area (Å²) in [4.78, 5) is 3.92. The number of hydrogen-bond acceptors (Lipinski definition) is 2. The maximum absolute atomic E-state index is 3.92. The van der Waals surface area contributed by atoms with Crippen LogP contribution in [0.1, 0.15) is 13.3 Å². The average Bonchev–Trinajstić information content (AvgIpc) is 2.41. The minimum atomic E-state index is 0.869. The number of nitrogens with one attached hydrogen (secondary N) is 1. The first kappa shape index (κ1) is 7.28. The Labute approximate surface area is 61.1 Å². The van der Waals surface area contributed by atoms with Crippen molar-refractivity contribution in [3.8, 4) is 0 Å². The first-order valence-corrected chi connectivity index (χ1v) is 3.60. The lowest BCUT2D eigenvalue weighted by molar-refractivity contribution is 0.554. The number of aromatic nitrogens is 2. The summed E-state index contributed by atoms with van der Waals surface area (Å²) in [7, 11) is 0. The molecule has 0 saturated heterocycles. The van der Waals surface area contributed by atoms with Gasteiger partial charge in [-0.1, -0.05) is 6.92 Å². The second-order valence-electron chi connectivity index (χ2n) is 2.24. The van der Waals surface area contributed by atoms with Crippen molar-refractivity contribution in [1.82, 2.24) is 14.9 Å². The molecule has 3 nitrogen and oxygen atoms in total. The van der Waals surface area contributed by atoms with Gasteiger partial charge in [-0.2, -0.15) is 0 Å². The predicted molar refractivity (Wildman–Crippen MR) is 40.5 cm³/mol. The summed E-state index contributed by atoms with van der Waals surface area (Å²) < 4.78 is 2.01. The summed E-state index contributed by atoms with van der Waals surface area (Å²) in [5.74, 6) is 0. The van der Waals surface area contributed by atoms with Crippen molar-refractivity contribution in [2.24, 2.45) is 0 Å². The van der Waals surface area contributed by atoms with Gasteiger partial charge in [0.05, 0.1) is 13.0 Å². The third-order valence-electron chi connectivity index (χ3n) is 1.28. The first-order chi connectivity index (χ1) is 4.93. The molecule has 0 aromatic carbocycles. The van der Waals surface area contributed by atoms with Crippen molar-refractivity contribution in [2.75, 3.05) is 6.54 Å². The molecule has 10 heavy (non-hydrogen) atoms. The summed E-state index contributed by atoms with van der Waals surface area (Å²) >= 11 is 0. The molecule has 0 aliphatic heterocycles. The Balaban J connectivity index is 2.15. The zero-order chi connectivity index (χ0) is 7.23. The van der Waals surface area contributed by atoms with Gasteiger partial charge in [0.2, 0.25) is 0 Å². The molecule has 1 N–H and O–H groups in total. The Morgan fingerprint density at radius 3 is 3.10 bits per heavy atom. The maximum Gasteiger partial charge on any atom is 0.0956 e. The highest BCUT2D eigenvalue weighted by molar-refractivity contribution is 4.72. The van der Waals surface area contributed by atoms with Gasteiger partial charge in [-0.25, -0.2) is 4.98 Å². The smallest absolute Gasteiger partial charge is 0.0956 e. The highest BCUT2D eigenvalue weighted by Crippen LogP contribution is 1.81. The topological polar surface area (TPSA) is 29.9 Å². The Bertz CT molecular complexity index is 157. The van der Waals surface area contributed by atoms with Crippen molar-refractivity contribution < 1.29 is 0 Å². The van der Waals surface area contributed by atoms with E-state index in [1.807, 2.05) is 17.1 Å². The van der Waals surface area contributed by atoms with Crippen LogP contribution in [0.15, 0.2) is 18.7 Å². The number of rotatable bonds is 4. The third kappa shape index (κ3) is 2.19. The van der Waals surface area contributed by atoms with Gasteiger partial charge in [0, 0.05) is 12.4 Å². The molecule has 3 heteroatoms.